The first-order valence-corrected chi connectivity index (χ1v) is 9.59. The molecular formula is C20H22FN3O2S. The Hall–Kier alpha value is -2.54. The number of carbonyl (C=O) groups excluding carboxylic acids is 1. The Bertz CT molecular complexity index is 870. The van der Waals surface area contributed by atoms with E-state index in [1.54, 1.807) is 31.4 Å². The molecule has 1 aliphatic rings. The van der Waals surface area contributed by atoms with Gasteiger partial charge in [0, 0.05) is 5.75 Å². The average Bonchev–Trinajstić information content (AvgIpc) is 2.64. The number of amidine groups is 1. The van der Waals surface area contributed by atoms with Gasteiger partial charge in [0.25, 0.3) is 0 Å². The topological polar surface area (TPSA) is 76.7 Å². The summed E-state index contributed by atoms with van der Waals surface area (Å²) in [6, 6.07) is 11.9. The van der Waals surface area contributed by atoms with Gasteiger partial charge in [0.1, 0.15) is 11.6 Å². The highest BCUT2D eigenvalue weighted by atomic mass is 32.2. The van der Waals surface area contributed by atoms with Gasteiger partial charge in [-0.3, -0.25) is 9.79 Å². The van der Waals surface area contributed by atoms with Crippen molar-refractivity contribution in [1.29, 1.82) is 0 Å². The van der Waals surface area contributed by atoms with E-state index in [0.29, 0.717) is 5.17 Å². The number of anilines is 1. The molecule has 0 bridgehead atoms. The van der Waals surface area contributed by atoms with Gasteiger partial charge in [0.2, 0.25) is 5.91 Å². The van der Waals surface area contributed by atoms with Gasteiger partial charge in [0.05, 0.1) is 24.8 Å². The minimum absolute atomic E-state index is 0.146. The van der Waals surface area contributed by atoms with Crippen LogP contribution >= 0.6 is 11.8 Å². The Kier molecular flexibility index (Phi) is 5.70. The van der Waals surface area contributed by atoms with Crippen LogP contribution in [0.3, 0.4) is 0 Å². The number of nitrogens with two attached hydrogens (primary N) is 1. The van der Waals surface area contributed by atoms with Gasteiger partial charge in [-0.05, 0) is 48.7 Å². The number of hydrogen-bond acceptors (Lipinski definition) is 5. The van der Waals surface area contributed by atoms with E-state index in [1.165, 1.54) is 17.8 Å². The molecule has 7 heteroatoms. The molecule has 0 aromatic heterocycles. The summed E-state index contributed by atoms with van der Waals surface area (Å²) in [7, 11) is 1.58. The van der Waals surface area contributed by atoms with Crippen molar-refractivity contribution < 1.29 is 13.9 Å². The van der Waals surface area contributed by atoms with E-state index in [4.69, 9.17) is 10.5 Å². The van der Waals surface area contributed by atoms with Crippen LogP contribution in [0.1, 0.15) is 24.5 Å². The first-order valence-electron chi connectivity index (χ1n) is 8.60. The summed E-state index contributed by atoms with van der Waals surface area (Å²) in [5.41, 5.74) is 7.14. The third-order valence-electron chi connectivity index (χ3n) is 4.58. The lowest BCUT2D eigenvalue weighted by Crippen LogP contribution is -2.29. The van der Waals surface area contributed by atoms with E-state index in [-0.39, 0.29) is 18.0 Å². The van der Waals surface area contributed by atoms with Crippen LogP contribution in [-0.4, -0.2) is 23.9 Å². The molecular weight excluding hydrogens is 365 g/mol. The van der Waals surface area contributed by atoms with Crippen molar-refractivity contribution in [2.45, 2.75) is 25.3 Å². The van der Waals surface area contributed by atoms with E-state index in [9.17, 15) is 9.18 Å². The van der Waals surface area contributed by atoms with E-state index in [2.05, 4.69) is 10.3 Å². The van der Waals surface area contributed by atoms with Gasteiger partial charge >= 0.3 is 0 Å². The molecule has 0 radical (unpaired) electrons. The molecule has 3 rings (SSSR count). The van der Waals surface area contributed by atoms with Crippen molar-refractivity contribution in [3.8, 4) is 5.75 Å². The van der Waals surface area contributed by atoms with Gasteiger partial charge in [-0.1, -0.05) is 30.0 Å². The molecule has 2 aromatic rings. The summed E-state index contributed by atoms with van der Waals surface area (Å²) in [6.45, 7) is 1.97. The lowest BCUT2D eigenvalue weighted by atomic mass is 9.89. The van der Waals surface area contributed by atoms with E-state index in [1.807, 2.05) is 19.1 Å². The number of nitrogens with zero attached hydrogens (tertiary/aromatic N) is 1. The number of rotatable bonds is 5. The minimum atomic E-state index is -0.515. The molecule has 0 saturated heterocycles. The number of nitrogens with one attached hydrogen (secondary N) is 1. The quantitative estimate of drug-likeness (QED) is 0.820. The number of halogens is 1. The highest BCUT2D eigenvalue weighted by molar-refractivity contribution is 8.13. The standard InChI is InChI=1S/C20H22FN3O2S/c1-20(9-10-27-19(22)24-20)14-5-8-16(21)17(12-14)23-18(25)11-13-3-6-15(26-2)7-4-13/h3-8,12H,9-11H2,1-2H3,(H2,22,24)(H,23,25). The maximum absolute atomic E-state index is 14.2. The van der Waals surface area contributed by atoms with Crippen molar-refractivity contribution in [3.63, 3.8) is 0 Å². The Balaban J connectivity index is 1.76. The van der Waals surface area contributed by atoms with Crippen molar-refractivity contribution >= 4 is 28.5 Å². The first kappa shape index (κ1) is 19.2. The second-order valence-electron chi connectivity index (χ2n) is 6.59. The van der Waals surface area contributed by atoms with Crippen LogP contribution in [0, 0.1) is 5.82 Å². The molecule has 0 aliphatic carbocycles. The van der Waals surface area contributed by atoms with Gasteiger partial charge < -0.3 is 15.8 Å². The van der Waals surface area contributed by atoms with E-state index in [0.717, 1.165) is 29.1 Å². The zero-order chi connectivity index (χ0) is 19.4. The fourth-order valence-corrected chi connectivity index (χ4v) is 3.95. The fourth-order valence-electron chi connectivity index (χ4n) is 2.97. The molecule has 27 heavy (non-hydrogen) atoms. The number of ether oxygens (including phenoxy) is 1. The maximum Gasteiger partial charge on any atom is 0.228 e. The van der Waals surface area contributed by atoms with Crippen LogP contribution in [0.25, 0.3) is 0 Å². The number of carbonyl (C=O) groups is 1. The fraction of sp³-hybridized carbons (Fsp3) is 0.300. The van der Waals surface area contributed by atoms with Crippen LogP contribution in [0.4, 0.5) is 10.1 Å². The van der Waals surface area contributed by atoms with Gasteiger partial charge in [-0.25, -0.2) is 4.39 Å². The molecule has 0 spiro atoms. The highest BCUT2D eigenvalue weighted by Gasteiger charge is 2.30. The summed E-state index contributed by atoms with van der Waals surface area (Å²) in [6.07, 6.45) is 0.940. The Morgan fingerprint density at radius 3 is 2.74 bits per heavy atom. The van der Waals surface area contributed by atoms with Gasteiger partial charge in [-0.2, -0.15) is 0 Å². The van der Waals surface area contributed by atoms with Crippen molar-refractivity contribution in [2.75, 3.05) is 18.2 Å². The number of thioether (sulfide) groups is 1. The summed E-state index contributed by atoms with van der Waals surface area (Å²) in [4.78, 5) is 16.9. The van der Waals surface area contributed by atoms with Crippen LogP contribution < -0.4 is 15.8 Å². The zero-order valence-corrected chi connectivity index (χ0v) is 16.1. The molecule has 5 nitrogen and oxygen atoms in total. The highest BCUT2D eigenvalue weighted by Crippen LogP contribution is 2.36. The summed E-state index contributed by atoms with van der Waals surface area (Å²) < 4.78 is 19.3. The van der Waals surface area contributed by atoms with Gasteiger partial charge in [0.15, 0.2) is 5.17 Å². The van der Waals surface area contributed by atoms with E-state index >= 15 is 0 Å². The summed E-state index contributed by atoms with van der Waals surface area (Å²) >= 11 is 1.51. The van der Waals surface area contributed by atoms with Crippen LogP contribution in [0.5, 0.6) is 5.75 Å². The molecule has 1 atom stereocenters. The second-order valence-corrected chi connectivity index (χ2v) is 7.71. The SMILES string of the molecule is COc1ccc(CC(=O)Nc2cc(C3(C)CCSC(N)=N3)ccc2F)cc1. The molecule has 142 valence electrons. The van der Waals surface area contributed by atoms with Crippen molar-refractivity contribution in [3.05, 3.63) is 59.4 Å². The molecule has 1 aliphatic heterocycles. The average molecular weight is 387 g/mol. The molecule has 1 heterocycles. The predicted octanol–water partition coefficient (Wildman–Crippen LogP) is 3.68. The van der Waals surface area contributed by atoms with E-state index < -0.39 is 11.4 Å². The maximum atomic E-state index is 14.2. The number of aliphatic imine (C=N–C) groups is 1. The number of amides is 1. The van der Waals surface area contributed by atoms with Crippen LogP contribution in [-0.2, 0) is 16.8 Å². The normalized spacial score (nSPS) is 19.3. The monoisotopic (exact) mass is 387 g/mol. The Morgan fingerprint density at radius 2 is 2.07 bits per heavy atom. The van der Waals surface area contributed by atoms with Crippen LogP contribution in [0.2, 0.25) is 0 Å². The lowest BCUT2D eigenvalue weighted by molar-refractivity contribution is -0.115. The second kappa shape index (κ2) is 8.00. The lowest BCUT2D eigenvalue weighted by Gasteiger charge is -2.30. The first-order chi connectivity index (χ1) is 12.9. The number of hydrogen-bond donors (Lipinski definition) is 2. The van der Waals surface area contributed by atoms with Gasteiger partial charge in [-0.15, -0.1) is 0 Å². The predicted molar refractivity (Wildman–Crippen MR) is 108 cm³/mol. The van der Waals surface area contributed by atoms with Crippen molar-refractivity contribution in [2.24, 2.45) is 10.7 Å². The molecule has 1 amide bonds. The molecule has 0 fully saturated rings. The van der Waals surface area contributed by atoms with Crippen molar-refractivity contribution in [1.82, 2.24) is 0 Å². The molecule has 1 unspecified atom stereocenters. The molecule has 3 N–H and O–H groups in total. The number of methoxy groups -OCH3 is 1. The summed E-state index contributed by atoms with van der Waals surface area (Å²) in [5, 5.41) is 3.19. The third-order valence-corrected chi connectivity index (χ3v) is 5.38. The largest absolute Gasteiger partial charge is 0.497 e. The molecule has 2 aromatic carbocycles. The zero-order valence-electron chi connectivity index (χ0n) is 15.3. The smallest absolute Gasteiger partial charge is 0.228 e. The molecule has 0 saturated carbocycles. The minimum Gasteiger partial charge on any atom is -0.497 e. The third kappa shape index (κ3) is 4.60. The number of benzene rings is 2. The Morgan fingerprint density at radius 1 is 1.33 bits per heavy atom. The van der Waals surface area contributed by atoms with Crippen LogP contribution in [0.15, 0.2) is 47.5 Å². The Labute approximate surface area is 162 Å². The summed E-state index contributed by atoms with van der Waals surface area (Å²) in [5.74, 6) is 0.801.